The molecular weight excluding hydrogens is 757 g/mol. The molecule has 58 heavy (non-hydrogen) atoms. The summed E-state index contributed by atoms with van der Waals surface area (Å²) in [6, 6.07) is 0. The fraction of sp³-hybridized carbons (Fsp3) is 0.867. The summed E-state index contributed by atoms with van der Waals surface area (Å²) in [7, 11) is 1.60. The molecule has 0 aromatic heterocycles. The van der Waals surface area contributed by atoms with Crippen molar-refractivity contribution >= 4 is 44.2 Å². The molecule has 0 saturated carbocycles. The molecule has 3 amide bonds. The van der Waals surface area contributed by atoms with Gasteiger partial charge in [0.15, 0.2) is 0 Å². The smallest absolute Gasteiger partial charge is 0.374 e. The van der Waals surface area contributed by atoms with Gasteiger partial charge < -0.3 is 28.3 Å². The molecule has 0 fully saturated rings. The highest BCUT2D eigenvalue weighted by atomic mass is 31.2. The zero-order chi connectivity index (χ0) is 43.2. The molecule has 0 aromatic rings. The zero-order valence-corrected chi connectivity index (χ0v) is 38.7. The molecule has 0 aromatic carbocycles. The number of carbonyl (C=O) groups excluding carboxylic acids is 6. The van der Waals surface area contributed by atoms with E-state index in [4.69, 9.17) is 13.6 Å². The highest BCUT2D eigenvalue weighted by Crippen LogP contribution is 2.40. The lowest BCUT2D eigenvalue weighted by molar-refractivity contribution is -0.148. The summed E-state index contributed by atoms with van der Waals surface area (Å²) in [6.45, 7) is 5.30. The highest BCUT2D eigenvalue weighted by molar-refractivity contribution is 7.43. The van der Waals surface area contributed by atoms with Crippen LogP contribution >= 0.6 is 8.60 Å². The van der Waals surface area contributed by atoms with E-state index in [0.29, 0.717) is 19.3 Å². The second kappa shape index (κ2) is 38.5. The van der Waals surface area contributed by atoms with Gasteiger partial charge in [-0.25, -0.2) is 14.4 Å². The van der Waals surface area contributed by atoms with Gasteiger partial charge in [-0.2, -0.15) is 0 Å². The highest BCUT2D eigenvalue weighted by Gasteiger charge is 2.30. The molecule has 0 aliphatic heterocycles. The average molecular weight is 842 g/mol. The van der Waals surface area contributed by atoms with Crippen molar-refractivity contribution in [3.8, 4) is 0 Å². The lowest BCUT2D eigenvalue weighted by atomic mass is 10.1. The number of rotatable bonds is 39. The molecule has 0 N–H and O–H groups in total. The fourth-order valence-electron chi connectivity index (χ4n) is 6.57. The second-order valence-corrected chi connectivity index (χ2v) is 17.1. The molecule has 0 rings (SSSR count). The Hall–Kier alpha value is -2.75. The van der Waals surface area contributed by atoms with Crippen molar-refractivity contribution in [1.82, 2.24) is 14.7 Å². The topological polar surface area (TPSA) is 140 Å². The number of likely N-dealkylation sites (N-methyl/N-ethyl adjacent to an activating group) is 3. The van der Waals surface area contributed by atoms with Crippen LogP contribution in [0.4, 0.5) is 0 Å². The number of hydrogen-bond donors (Lipinski definition) is 0. The van der Waals surface area contributed by atoms with Gasteiger partial charge in [0.1, 0.15) is 19.6 Å². The van der Waals surface area contributed by atoms with Crippen LogP contribution in [0.25, 0.3) is 0 Å². The van der Waals surface area contributed by atoms with Gasteiger partial charge in [0.25, 0.3) is 0 Å². The summed E-state index contributed by atoms with van der Waals surface area (Å²) in [4.78, 5) is 80.7. The molecule has 12 nitrogen and oxygen atoms in total. The molecule has 0 unspecified atom stereocenters. The first-order chi connectivity index (χ1) is 27.9. The predicted molar refractivity (Wildman–Crippen MR) is 234 cm³/mol. The molecule has 0 radical (unpaired) electrons. The van der Waals surface area contributed by atoms with E-state index in [1.165, 1.54) is 132 Å². The SMILES string of the molecule is CCCCCCCCCCCC(=O)N(C)CC(=O)OP(OC(=O)CN(C)C(=O)CCCCCCCCCCC)OC(=O)CN(C)C(=O)CCCCCCCCCCC. The molecule has 0 spiro atoms. The Kier molecular flexibility index (Phi) is 36.6. The Morgan fingerprint density at radius 3 is 0.724 bits per heavy atom. The first kappa shape index (κ1) is 55.2. The maximum atomic E-state index is 12.9. The lowest BCUT2D eigenvalue weighted by Gasteiger charge is -2.21. The van der Waals surface area contributed by atoms with E-state index < -0.39 is 46.1 Å². The van der Waals surface area contributed by atoms with Crippen LogP contribution in [0, 0.1) is 0 Å². The second-order valence-electron chi connectivity index (χ2n) is 16.1. The van der Waals surface area contributed by atoms with Gasteiger partial charge >= 0.3 is 26.5 Å². The van der Waals surface area contributed by atoms with Crippen molar-refractivity contribution < 1.29 is 42.3 Å². The van der Waals surface area contributed by atoms with Crippen molar-refractivity contribution in [2.45, 2.75) is 213 Å². The summed E-state index contributed by atoms with van der Waals surface area (Å²) in [5.74, 6) is -3.43. The van der Waals surface area contributed by atoms with E-state index in [1.807, 2.05) is 0 Å². The van der Waals surface area contributed by atoms with Crippen molar-refractivity contribution in [1.29, 1.82) is 0 Å². The maximum absolute atomic E-state index is 12.9. The van der Waals surface area contributed by atoms with E-state index in [-0.39, 0.29) is 37.0 Å². The van der Waals surface area contributed by atoms with Crippen LogP contribution in [-0.2, 0) is 42.3 Å². The van der Waals surface area contributed by atoms with Gasteiger partial charge in [0, 0.05) is 40.4 Å². The molecule has 0 aliphatic carbocycles. The number of unbranched alkanes of at least 4 members (excludes halogenated alkanes) is 24. The van der Waals surface area contributed by atoms with E-state index in [2.05, 4.69) is 20.8 Å². The van der Waals surface area contributed by atoms with E-state index >= 15 is 0 Å². The minimum absolute atomic E-state index is 0.225. The van der Waals surface area contributed by atoms with Crippen LogP contribution in [0.15, 0.2) is 0 Å². The Balaban J connectivity index is 5.04. The van der Waals surface area contributed by atoms with Crippen LogP contribution in [0.5, 0.6) is 0 Å². The normalized spacial score (nSPS) is 11.0. The van der Waals surface area contributed by atoms with Crippen LogP contribution in [0.3, 0.4) is 0 Å². The number of nitrogens with zero attached hydrogens (tertiary/aromatic N) is 3. The zero-order valence-electron chi connectivity index (χ0n) is 37.8. The lowest BCUT2D eigenvalue weighted by Crippen LogP contribution is -2.35. The van der Waals surface area contributed by atoms with Crippen molar-refractivity contribution in [3.63, 3.8) is 0 Å². The quantitative estimate of drug-likeness (QED) is 0.0437. The third-order valence-corrected chi connectivity index (χ3v) is 11.4. The fourth-order valence-corrected chi connectivity index (χ4v) is 7.35. The number of hydrogen-bond acceptors (Lipinski definition) is 9. The standard InChI is InChI=1S/C45H84N3O9P/c1-7-10-13-16-19-22-25-28-31-34-40(49)46(4)37-43(52)55-58(56-44(53)38-47(5)41(50)35-32-29-26-23-20-17-14-11-8-2)57-45(54)39-48(6)42(51)36-33-30-27-24-21-18-15-12-9-3/h7-39H2,1-6H3. The Bertz CT molecular complexity index is 976. The van der Waals surface area contributed by atoms with Crippen molar-refractivity contribution in [3.05, 3.63) is 0 Å². The van der Waals surface area contributed by atoms with Gasteiger partial charge in [-0.1, -0.05) is 175 Å². The molecule has 0 heterocycles. The molecule has 0 atom stereocenters. The number of carbonyl (C=O) groups is 6. The summed E-state index contributed by atoms with van der Waals surface area (Å²) in [5.41, 5.74) is 0. The Labute approximate surface area is 354 Å². The van der Waals surface area contributed by atoms with Gasteiger partial charge in [0.2, 0.25) is 17.7 Å². The maximum Gasteiger partial charge on any atom is 0.537 e. The number of amides is 3. The van der Waals surface area contributed by atoms with Crippen LogP contribution < -0.4 is 0 Å². The van der Waals surface area contributed by atoms with Crippen LogP contribution in [0.1, 0.15) is 213 Å². The molecular formula is C45H84N3O9P. The molecule has 0 bridgehead atoms. The largest absolute Gasteiger partial charge is 0.537 e. The predicted octanol–water partition coefficient (Wildman–Crippen LogP) is 11.0. The first-order valence-corrected chi connectivity index (χ1v) is 24.2. The summed E-state index contributed by atoms with van der Waals surface area (Å²) in [6.07, 6.45) is 31.0. The van der Waals surface area contributed by atoms with E-state index in [9.17, 15) is 28.8 Å². The summed E-state index contributed by atoms with van der Waals surface area (Å²) < 4.78 is 15.9. The monoisotopic (exact) mass is 842 g/mol. The average Bonchev–Trinajstić information content (AvgIpc) is 3.18. The summed E-state index contributed by atoms with van der Waals surface area (Å²) >= 11 is 0. The van der Waals surface area contributed by atoms with E-state index in [0.717, 1.165) is 57.8 Å². The first-order valence-electron chi connectivity index (χ1n) is 23.1. The van der Waals surface area contributed by atoms with Gasteiger partial charge in [-0.05, 0) is 19.3 Å². The van der Waals surface area contributed by atoms with Crippen molar-refractivity contribution in [2.24, 2.45) is 0 Å². The van der Waals surface area contributed by atoms with Gasteiger partial charge in [-0.15, -0.1) is 0 Å². The molecule has 0 saturated heterocycles. The van der Waals surface area contributed by atoms with E-state index in [1.54, 1.807) is 0 Å². The third-order valence-electron chi connectivity index (χ3n) is 10.4. The molecule has 338 valence electrons. The third kappa shape index (κ3) is 33.1. The molecule has 13 heteroatoms. The van der Waals surface area contributed by atoms with Crippen LogP contribution in [0.2, 0.25) is 0 Å². The minimum Gasteiger partial charge on any atom is -0.374 e. The minimum atomic E-state index is -2.86. The summed E-state index contributed by atoms with van der Waals surface area (Å²) in [5, 5.41) is 0. The Morgan fingerprint density at radius 1 is 0.328 bits per heavy atom. The van der Waals surface area contributed by atoms with Gasteiger partial charge in [-0.3, -0.25) is 14.4 Å². The Morgan fingerprint density at radius 2 is 0.517 bits per heavy atom. The van der Waals surface area contributed by atoms with Crippen LogP contribution in [-0.4, -0.2) is 91.1 Å². The van der Waals surface area contributed by atoms with Crippen molar-refractivity contribution in [2.75, 3.05) is 40.8 Å². The van der Waals surface area contributed by atoms with Gasteiger partial charge in [0.05, 0.1) is 0 Å². The molecule has 0 aliphatic rings.